The molecule has 1 aromatic heterocycles. The molecule has 0 radical (unpaired) electrons. The molecule has 21 heavy (non-hydrogen) atoms. The molecule has 0 spiro atoms. The standard InChI is InChI=1S/C17H23N3O/c1-21-17(9-3-2-4-10-17)16(20-18)14-7-8-15-13(12-14)6-5-11-19-15/h5-8,11-12,16,20H,2-4,9-10,18H2,1H3. The molecule has 3 rings (SSSR count). The van der Waals surface area contributed by atoms with Crippen molar-refractivity contribution in [1.82, 2.24) is 10.4 Å². The summed E-state index contributed by atoms with van der Waals surface area (Å²) in [6.45, 7) is 0. The first-order valence-electron chi connectivity index (χ1n) is 7.65. The smallest absolute Gasteiger partial charge is 0.0885 e. The van der Waals surface area contributed by atoms with Crippen LogP contribution in [0, 0.1) is 0 Å². The number of hydrogen-bond acceptors (Lipinski definition) is 4. The normalized spacial score (nSPS) is 19.5. The molecule has 0 bridgehead atoms. The van der Waals surface area contributed by atoms with Gasteiger partial charge in [-0.3, -0.25) is 16.3 Å². The SMILES string of the molecule is COC1(C(NN)c2ccc3ncccc3c2)CCCCC1. The second-order valence-corrected chi connectivity index (χ2v) is 5.88. The van der Waals surface area contributed by atoms with Crippen LogP contribution in [0.25, 0.3) is 10.9 Å². The summed E-state index contributed by atoms with van der Waals surface area (Å²) in [5.74, 6) is 5.89. The van der Waals surface area contributed by atoms with Gasteiger partial charge in [0, 0.05) is 18.7 Å². The van der Waals surface area contributed by atoms with Crippen molar-refractivity contribution >= 4 is 10.9 Å². The number of nitrogens with zero attached hydrogens (tertiary/aromatic N) is 1. The zero-order chi connectivity index (χ0) is 14.7. The Morgan fingerprint density at radius 2 is 2.05 bits per heavy atom. The lowest BCUT2D eigenvalue weighted by molar-refractivity contribution is -0.0688. The van der Waals surface area contributed by atoms with Crippen molar-refractivity contribution in [3.8, 4) is 0 Å². The monoisotopic (exact) mass is 285 g/mol. The number of pyridine rings is 1. The molecule has 1 aromatic carbocycles. The second kappa shape index (κ2) is 6.10. The van der Waals surface area contributed by atoms with Gasteiger partial charge in [-0.05, 0) is 36.6 Å². The summed E-state index contributed by atoms with van der Waals surface area (Å²) < 4.78 is 5.94. The van der Waals surface area contributed by atoms with E-state index in [2.05, 4.69) is 34.7 Å². The van der Waals surface area contributed by atoms with Crippen molar-refractivity contribution in [2.45, 2.75) is 43.7 Å². The number of nitrogens with one attached hydrogen (secondary N) is 1. The van der Waals surface area contributed by atoms with Crippen LogP contribution in [0.15, 0.2) is 36.5 Å². The van der Waals surface area contributed by atoms with E-state index in [9.17, 15) is 0 Å². The lowest BCUT2D eigenvalue weighted by Crippen LogP contribution is -2.49. The number of nitrogens with two attached hydrogens (primary N) is 1. The van der Waals surface area contributed by atoms with Gasteiger partial charge in [0.1, 0.15) is 0 Å². The highest BCUT2D eigenvalue weighted by Crippen LogP contribution is 2.41. The van der Waals surface area contributed by atoms with Crippen molar-refractivity contribution in [3.63, 3.8) is 0 Å². The number of benzene rings is 1. The van der Waals surface area contributed by atoms with Gasteiger partial charge in [0.15, 0.2) is 0 Å². The molecule has 1 heterocycles. The summed E-state index contributed by atoms with van der Waals surface area (Å²) in [5.41, 5.74) is 4.97. The average molecular weight is 285 g/mol. The molecule has 1 aliphatic rings. The molecule has 2 aromatic rings. The van der Waals surface area contributed by atoms with E-state index in [1.165, 1.54) is 24.8 Å². The fraction of sp³-hybridized carbons (Fsp3) is 0.471. The molecule has 1 saturated carbocycles. The first-order chi connectivity index (χ1) is 10.3. The largest absolute Gasteiger partial charge is 0.376 e. The van der Waals surface area contributed by atoms with E-state index < -0.39 is 0 Å². The van der Waals surface area contributed by atoms with E-state index in [1.807, 2.05) is 12.3 Å². The predicted molar refractivity (Wildman–Crippen MR) is 84.6 cm³/mol. The van der Waals surface area contributed by atoms with Crippen molar-refractivity contribution in [3.05, 3.63) is 42.1 Å². The van der Waals surface area contributed by atoms with Gasteiger partial charge in [0.25, 0.3) is 0 Å². The molecular formula is C17H23N3O. The highest BCUT2D eigenvalue weighted by Gasteiger charge is 2.40. The number of aromatic nitrogens is 1. The minimum absolute atomic E-state index is 0.00686. The van der Waals surface area contributed by atoms with Crippen LogP contribution < -0.4 is 11.3 Å². The van der Waals surface area contributed by atoms with E-state index >= 15 is 0 Å². The molecule has 0 amide bonds. The fourth-order valence-corrected chi connectivity index (χ4v) is 3.59. The van der Waals surface area contributed by atoms with Crippen LogP contribution in [0.2, 0.25) is 0 Å². The van der Waals surface area contributed by atoms with Crippen LogP contribution in [0.3, 0.4) is 0 Å². The van der Waals surface area contributed by atoms with Crippen molar-refractivity contribution in [2.24, 2.45) is 5.84 Å². The molecule has 0 aliphatic heterocycles. The van der Waals surface area contributed by atoms with Crippen molar-refractivity contribution in [2.75, 3.05) is 7.11 Å². The van der Waals surface area contributed by atoms with Gasteiger partial charge in [0.2, 0.25) is 0 Å². The van der Waals surface area contributed by atoms with E-state index in [1.54, 1.807) is 7.11 Å². The number of hydrogen-bond donors (Lipinski definition) is 2. The van der Waals surface area contributed by atoms with E-state index in [0.717, 1.165) is 23.7 Å². The number of hydrazine groups is 1. The van der Waals surface area contributed by atoms with Gasteiger partial charge >= 0.3 is 0 Å². The summed E-state index contributed by atoms with van der Waals surface area (Å²) in [6.07, 6.45) is 7.58. The molecule has 1 aliphatic carbocycles. The Morgan fingerprint density at radius 1 is 1.24 bits per heavy atom. The average Bonchev–Trinajstić information content (AvgIpc) is 2.56. The van der Waals surface area contributed by atoms with Crippen LogP contribution in [-0.4, -0.2) is 17.7 Å². The van der Waals surface area contributed by atoms with Crippen molar-refractivity contribution in [1.29, 1.82) is 0 Å². The first kappa shape index (κ1) is 14.4. The van der Waals surface area contributed by atoms with Gasteiger partial charge in [-0.25, -0.2) is 0 Å². The summed E-state index contributed by atoms with van der Waals surface area (Å²) in [4.78, 5) is 4.37. The summed E-state index contributed by atoms with van der Waals surface area (Å²) in [7, 11) is 1.80. The fourth-order valence-electron chi connectivity index (χ4n) is 3.59. The van der Waals surface area contributed by atoms with Gasteiger partial charge in [-0.1, -0.05) is 31.4 Å². The number of methoxy groups -OCH3 is 1. The Hall–Kier alpha value is -1.49. The zero-order valence-corrected chi connectivity index (χ0v) is 12.5. The maximum absolute atomic E-state index is 5.94. The molecule has 1 fully saturated rings. The van der Waals surface area contributed by atoms with Gasteiger partial charge in [-0.2, -0.15) is 0 Å². The van der Waals surface area contributed by atoms with E-state index in [-0.39, 0.29) is 11.6 Å². The lowest BCUT2D eigenvalue weighted by atomic mass is 9.76. The Bertz CT molecular complexity index is 608. The highest BCUT2D eigenvalue weighted by atomic mass is 16.5. The quantitative estimate of drug-likeness (QED) is 0.669. The van der Waals surface area contributed by atoms with Gasteiger partial charge in [-0.15, -0.1) is 0 Å². The molecule has 4 heteroatoms. The molecule has 1 atom stereocenters. The van der Waals surface area contributed by atoms with Crippen LogP contribution in [0.5, 0.6) is 0 Å². The minimum Gasteiger partial charge on any atom is -0.376 e. The second-order valence-electron chi connectivity index (χ2n) is 5.88. The van der Waals surface area contributed by atoms with Gasteiger partial charge < -0.3 is 4.74 Å². The minimum atomic E-state index is -0.205. The molecule has 112 valence electrons. The third-order valence-electron chi connectivity index (χ3n) is 4.76. The molecular weight excluding hydrogens is 262 g/mol. The molecule has 0 saturated heterocycles. The number of fused-ring (bicyclic) bond motifs is 1. The van der Waals surface area contributed by atoms with Crippen LogP contribution in [0.4, 0.5) is 0 Å². The van der Waals surface area contributed by atoms with Crippen molar-refractivity contribution < 1.29 is 4.74 Å². The number of rotatable bonds is 4. The summed E-state index contributed by atoms with van der Waals surface area (Å²) >= 11 is 0. The Labute approximate surface area is 125 Å². The van der Waals surface area contributed by atoms with Crippen LogP contribution in [0.1, 0.15) is 43.7 Å². The lowest BCUT2D eigenvalue weighted by Gasteiger charge is -2.42. The third kappa shape index (κ3) is 2.67. The van der Waals surface area contributed by atoms with Crippen LogP contribution >= 0.6 is 0 Å². The van der Waals surface area contributed by atoms with E-state index in [4.69, 9.17) is 10.6 Å². The van der Waals surface area contributed by atoms with Crippen LogP contribution in [-0.2, 0) is 4.74 Å². The topological polar surface area (TPSA) is 60.2 Å². The summed E-state index contributed by atoms with van der Waals surface area (Å²) in [6, 6.07) is 10.4. The summed E-state index contributed by atoms with van der Waals surface area (Å²) in [5, 5.41) is 1.14. The molecule has 3 N–H and O–H groups in total. The van der Waals surface area contributed by atoms with Gasteiger partial charge in [0.05, 0.1) is 17.2 Å². The molecule has 1 unspecified atom stereocenters. The Balaban J connectivity index is 2.00. The predicted octanol–water partition coefficient (Wildman–Crippen LogP) is 3.09. The Morgan fingerprint density at radius 3 is 2.76 bits per heavy atom. The maximum Gasteiger partial charge on any atom is 0.0885 e. The number of ether oxygens (including phenoxy) is 1. The highest BCUT2D eigenvalue weighted by molar-refractivity contribution is 5.79. The maximum atomic E-state index is 5.94. The Kier molecular flexibility index (Phi) is 4.19. The molecule has 4 nitrogen and oxygen atoms in total. The third-order valence-corrected chi connectivity index (χ3v) is 4.76. The van der Waals surface area contributed by atoms with E-state index in [0.29, 0.717) is 0 Å². The first-order valence-corrected chi connectivity index (χ1v) is 7.65. The zero-order valence-electron chi connectivity index (χ0n) is 12.5.